The largest absolute Gasteiger partial charge is 0.480 e. The molecule has 98 valence electrons. The molecule has 0 aromatic rings. The number of amides is 2. The van der Waals surface area contributed by atoms with Gasteiger partial charge in [0, 0.05) is 0 Å². The van der Waals surface area contributed by atoms with Crippen molar-refractivity contribution in [3.8, 4) is 0 Å². The molecule has 0 unspecified atom stereocenters. The molecule has 2 amide bonds. The van der Waals surface area contributed by atoms with Crippen LogP contribution in [0.1, 0.15) is 13.8 Å². The summed E-state index contributed by atoms with van der Waals surface area (Å²) in [6.07, 6.45) is -1.03. The van der Waals surface area contributed by atoms with Crippen molar-refractivity contribution >= 4 is 17.8 Å². The number of carboxylic acid groups (broad SMARTS) is 1. The predicted molar refractivity (Wildman–Crippen MR) is 57.9 cm³/mol. The predicted octanol–water partition coefficient (Wildman–Crippen LogP) is -2.60. The Kier molecular flexibility index (Phi) is 6.15. The Balaban J connectivity index is 4.00. The standard InChI is InChI=1S/C9H17N3O5/c1-4(9(16)17)12-6(14)3-11-8(15)7(10)5(2)13/h4-5,7,13H,3,10H2,1-2H3,(H,11,15)(H,12,14)(H,16,17)/t4-,5+,7-/m0/s1. The van der Waals surface area contributed by atoms with Crippen molar-refractivity contribution in [2.24, 2.45) is 5.73 Å². The molecule has 0 aliphatic heterocycles. The quantitative estimate of drug-likeness (QED) is 0.348. The number of aliphatic hydroxyl groups excluding tert-OH is 1. The highest BCUT2D eigenvalue weighted by Gasteiger charge is 2.20. The van der Waals surface area contributed by atoms with E-state index in [0.29, 0.717) is 0 Å². The van der Waals surface area contributed by atoms with E-state index in [9.17, 15) is 14.4 Å². The van der Waals surface area contributed by atoms with Crippen LogP contribution in [-0.4, -0.2) is 52.7 Å². The second-order valence-corrected chi connectivity index (χ2v) is 3.61. The van der Waals surface area contributed by atoms with Gasteiger partial charge in [0.15, 0.2) is 0 Å². The summed E-state index contributed by atoms with van der Waals surface area (Å²) in [5.74, 6) is -2.51. The van der Waals surface area contributed by atoms with Gasteiger partial charge >= 0.3 is 5.97 Å². The first kappa shape index (κ1) is 15.3. The molecular formula is C9H17N3O5. The number of carbonyl (C=O) groups is 3. The summed E-state index contributed by atoms with van der Waals surface area (Å²) >= 11 is 0. The smallest absolute Gasteiger partial charge is 0.325 e. The van der Waals surface area contributed by atoms with E-state index in [1.54, 1.807) is 0 Å². The normalized spacial score (nSPS) is 15.5. The zero-order valence-electron chi connectivity index (χ0n) is 9.64. The van der Waals surface area contributed by atoms with Crippen molar-refractivity contribution in [1.82, 2.24) is 10.6 Å². The lowest BCUT2D eigenvalue weighted by Crippen LogP contribution is -2.50. The topological polar surface area (TPSA) is 142 Å². The molecule has 0 rings (SSSR count). The van der Waals surface area contributed by atoms with E-state index in [0.717, 1.165) is 0 Å². The molecule has 0 spiro atoms. The SMILES string of the molecule is C[C@H](NC(=O)CNC(=O)[C@@H](N)[C@@H](C)O)C(=O)O. The maximum Gasteiger partial charge on any atom is 0.325 e. The van der Waals surface area contributed by atoms with Crippen LogP contribution in [0.4, 0.5) is 0 Å². The molecule has 17 heavy (non-hydrogen) atoms. The summed E-state index contributed by atoms with van der Waals surface area (Å²) < 4.78 is 0. The molecule has 0 bridgehead atoms. The Morgan fingerprint density at radius 1 is 1.29 bits per heavy atom. The van der Waals surface area contributed by atoms with Crippen molar-refractivity contribution in [2.75, 3.05) is 6.54 Å². The van der Waals surface area contributed by atoms with Crippen LogP contribution in [-0.2, 0) is 14.4 Å². The first-order chi connectivity index (χ1) is 7.75. The summed E-state index contributed by atoms with van der Waals surface area (Å²) in [7, 11) is 0. The number of rotatable bonds is 6. The number of nitrogens with two attached hydrogens (primary N) is 1. The Hall–Kier alpha value is -1.67. The molecule has 0 saturated carbocycles. The van der Waals surface area contributed by atoms with Crippen LogP contribution in [0.25, 0.3) is 0 Å². The average Bonchev–Trinajstić information content (AvgIpc) is 2.24. The molecule has 0 saturated heterocycles. The highest BCUT2D eigenvalue weighted by Crippen LogP contribution is 1.88. The fraction of sp³-hybridized carbons (Fsp3) is 0.667. The Bertz CT molecular complexity index is 305. The van der Waals surface area contributed by atoms with Crippen molar-refractivity contribution in [3.63, 3.8) is 0 Å². The molecule has 0 aromatic heterocycles. The monoisotopic (exact) mass is 247 g/mol. The van der Waals surface area contributed by atoms with Crippen LogP contribution < -0.4 is 16.4 Å². The zero-order valence-corrected chi connectivity index (χ0v) is 9.64. The number of carboxylic acids is 1. The summed E-state index contributed by atoms with van der Waals surface area (Å²) in [6, 6.07) is -2.16. The van der Waals surface area contributed by atoms with Gasteiger partial charge in [-0.2, -0.15) is 0 Å². The molecular weight excluding hydrogens is 230 g/mol. The van der Waals surface area contributed by atoms with Gasteiger partial charge in [0.1, 0.15) is 12.1 Å². The Labute approximate surface area is 98.2 Å². The number of hydrogen-bond acceptors (Lipinski definition) is 5. The van der Waals surface area contributed by atoms with Crippen LogP contribution in [0.2, 0.25) is 0 Å². The summed E-state index contributed by atoms with van der Waals surface area (Å²) in [5, 5.41) is 21.9. The minimum absolute atomic E-state index is 0.392. The number of hydrogen-bond donors (Lipinski definition) is 5. The molecule has 6 N–H and O–H groups in total. The Morgan fingerprint density at radius 2 is 1.82 bits per heavy atom. The van der Waals surface area contributed by atoms with E-state index in [2.05, 4.69) is 10.6 Å². The van der Waals surface area contributed by atoms with Crippen LogP contribution in [0.5, 0.6) is 0 Å². The average molecular weight is 247 g/mol. The molecule has 0 aliphatic carbocycles. The molecule has 8 heteroatoms. The highest BCUT2D eigenvalue weighted by molar-refractivity contribution is 5.89. The van der Waals surface area contributed by atoms with Gasteiger partial charge in [-0.3, -0.25) is 14.4 Å². The Morgan fingerprint density at radius 3 is 2.24 bits per heavy atom. The van der Waals surface area contributed by atoms with Gasteiger partial charge in [-0.1, -0.05) is 0 Å². The second kappa shape index (κ2) is 6.81. The number of carbonyl (C=O) groups excluding carboxylic acids is 2. The lowest BCUT2D eigenvalue weighted by molar-refractivity contribution is -0.141. The van der Waals surface area contributed by atoms with Gasteiger partial charge in [-0.25, -0.2) is 0 Å². The molecule has 0 heterocycles. The lowest BCUT2D eigenvalue weighted by atomic mass is 10.2. The van der Waals surface area contributed by atoms with Gasteiger partial charge in [0.25, 0.3) is 0 Å². The number of aliphatic carboxylic acids is 1. The van der Waals surface area contributed by atoms with Crippen LogP contribution in [0, 0.1) is 0 Å². The van der Waals surface area contributed by atoms with E-state index >= 15 is 0 Å². The maximum absolute atomic E-state index is 11.2. The van der Waals surface area contributed by atoms with E-state index in [-0.39, 0.29) is 0 Å². The first-order valence-corrected chi connectivity index (χ1v) is 4.99. The molecule has 0 aliphatic rings. The van der Waals surface area contributed by atoms with Crippen molar-refractivity contribution < 1.29 is 24.6 Å². The number of nitrogens with one attached hydrogen (secondary N) is 2. The third-order valence-corrected chi connectivity index (χ3v) is 1.99. The molecule has 0 aromatic carbocycles. The van der Waals surface area contributed by atoms with Crippen LogP contribution in [0.3, 0.4) is 0 Å². The third kappa shape index (κ3) is 5.83. The fourth-order valence-corrected chi connectivity index (χ4v) is 0.859. The highest BCUT2D eigenvalue weighted by atomic mass is 16.4. The van der Waals surface area contributed by atoms with E-state index < -0.39 is 42.5 Å². The van der Waals surface area contributed by atoms with Crippen LogP contribution >= 0.6 is 0 Å². The molecule has 3 atom stereocenters. The summed E-state index contributed by atoms with van der Waals surface area (Å²) in [5.41, 5.74) is 5.31. The van der Waals surface area contributed by atoms with Crippen molar-refractivity contribution in [2.45, 2.75) is 32.0 Å². The number of aliphatic hydroxyl groups is 1. The third-order valence-electron chi connectivity index (χ3n) is 1.99. The van der Waals surface area contributed by atoms with E-state index in [1.165, 1.54) is 13.8 Å². The van der Waals surface area contributed by atoms with Gasteiger partial charge in [0.05, 0.1) is 12.6 Å². The van der Waals surface area contributed by atoms with Gasteiger partial charge < -0.3 is 26.6 Å². The lowest BCUT2D eigenvalue weighted by Gasteiger charge is -2.15. The van der Waals surface area contributed by atoms with Gasteiger partial charge in [0.2, 0.25) is 11.8 Å². The van der Waals surface area contributed by atoms with E-state index in [4.69, 9.17) is 15.9 Å². The van der Waals surface area contributed by atoms with Gasteiger partial charge in [-0.15, -0.1) is 0 Å². The zero-order chi connectivity index (χ0) is 13.6. The summed E-state index contributed by atoms with van der Waals surface area (Å²) in [4.78, 5) is 32.8. The van der Waals surface area contributed by atoms with Crippen molar-refractivity contribution in [1.29, 1.82) is 0 Å². The first-order valence-electron chi connectivity index (χ1n) is 4.99. The van der Waals surface area contributed by atoms with Gasteiger partial charge in [-0.05, 0) is 13.8 Å². The van der Waals surface area contributed by atoms with Crippen LogP contribution in [0.15, 0.2) is 0 Å². The fourth-order valence-electron chi connectivity index (χ4n) is 0.859. The second-order valence-electron chi connectivity index (χ2n) is 3.61. The summed E-state index contributed by atoms with van der Waals surface area (Å²) in [6.45, 7) is 2.25. The van der Waals surface area contributed by atoms with E-state index in [1.807, 2.05) is 0 Å². The maximum atomic E-state index is 11.2. The molecule has 0 radical (unpaired) electrons. The molecule has 8 nitrogen and oxygen atoms in total. The molecule has 0 fully saturated rings. The minimum atomic E-state index is -1.18. The minimum Gasteiger partial charge on any atom is -0.480 e. The van der Waals surface area contributed by atoms with Crippen molar-refractivity contribution in [3.05, 3.63) is 0 Å².